The first-order chi connectivity index (χ1) is 14.7. The maximum absolute atomic E-state index is 13.5. The number of rotatable bonds is 4. The van der Waals surface area contributed by atoms with E-state index in [2.05, 4.69) is 13.8 Å². The number of carbonyl (C=O) groups excluding carboxylic acids is 2. The Kier molecular flexibility index (Phi) is 5.56. The standard InChI is InChI=1S/C25H26ClNO4/c1-25(2)13-21-24(22(28)14-25)20(15-6-5-7-16(26)8-15)12-23(29)27(21)17-9-18(30-3)11-19(10-17)31-4/h5-11,20H,12-14H2,1-4H3. The van der Waals surface area contributed by atoms with Crippen LogP contribution in [0.5, 0.6) is 11.5 Å². The molecule has 0 N–H and O–H groups in total. The largest absolute Gasteiger partial charge is 0.497 e. The predicted octanol–water partition coefficient (Wildman–Crippen LogP) is 5.52. The van der Waals surface area contributed by atoms with Gasteiger partial charge in [0, 0.05) is 53.3 Å². The molecule has 5 nitrogen and oxygen atoms in total. The highest BCUT2D eigenvalue weighted by Gasteiger charge is 2.44. The molecule has 0 bridgehead atoms. The highest BCUT2D eigenvalue weighted by atomic mass is 35.5. The van der Waals surface area contributed by atoms with Crippen LogP contribution in [0.2, 0.25) is 5.02 Å². The van der Waals surface area contributed by atoms with E-state index < -0.39 is 0 Å². The van der Waals surface area contributed by atoms with Crippen LogP contribution < -0.4 is 14.4 Å². The van der Waals surface area contributed by atoms with Crippen molar-refractivity contribution in [2.45, 2.75) is 39.0 Å². The molecule has 1 heterocycles. The number of hydrogen-bond acceptors (Lipinski definition) is 4. The summed E-state index contributed by atoms with van der Waals surface area (Å²) in [5, 5.41) is 0.593. The summed E-state index contributed by atoms with van der Waals surface area (Å²) in [5.41, 5.74) is 2.77. The summed E-state index contributed by atoms with van der Waals surface area (Å²) in [6.45, 7) is 4.12. The van der Waals surface area contributed by atoms with Gasteiger partial charge in [-0.1, -0.05) is 37.6 Å². The van der Waals surface area contributed by atoms with E-state index in [0.717, 1.165) is 11.3 Å². The second-order valence-corrected chi connectivity index (χ2v) is 9.35. The smallest absolute Gasteiger partial charge is 0.232 e. The number of hydrogen-bond donors (Lipinski definition) is 0. The molecule has 1 unspecified atom stereocenters. The summed E-state index contributed by atoms with van der Waals surface area (Å²) in [5.74, 6) is 0.895. The van der Waals surface area contributed by atoms with E-state index >= 15 is 0 Å². The van der Waals surface area contributed by atoms with Crippen molar-refractivity contribution in [3.63, 3.8) is 0 Å². The number of Topliss-reactive ketones (excluding diaryl/α,β-unsaturated/α-hetero) is 1. The number of anilines is 1. The van der Waals surface area contributed by atoms with Gasteiger partial charge >= 0.3 is 0 Å². The molecule has 0 radical (unpaired) electrons. The van der Waals surface area contributed by atoms with E-state index in [-0.39, 0.29) is 29.4 Å². The van der Waals surface area contributed by atoms with Gasteiger partial charge in [0.2, 0.25) is 5.91 Å². The Morgan fingerprint density at radius 1 is 1.00 bits per heavy atom. The van der Waals surface area contributed by atoms with Gasteiger partial charge in [0.05, 0.1) is 19.9 Å². The number of nitrogens with zero attached hydrogens (tertiary/aromatic N) is 1. The Hall–Kier alpha value is -2.79. The van der Waals surface area contributed by atoms with Crippen LogP contribution in [0.1, 0.15) is 44.6 Å². The number of ether oxygens (including phenoxy) is 2. The van der Waals surface area contributed by atoms with Crippen LogP contribution in [-0.2, 0) is 9.59 Å². The lowest BCUT2D eigenvalue weighted by molar-refractivity contribution is -0.121. The fourth-order valence-electron chi connectivity index (χ4n) is 4.64. The summed E-state index contributed by atoms with van der Waals surface area (Å²) in [7, 11) is 3.15. The molecule has 31 heavy (non-hydrogen) atoms. The second kappa shape index (κ2) is 8.04. The van der Waals surface area contributed by atoms with Crippen molar-refractivity contribution in [1.82, 2.24) is 0 Å². The number of amides is 1. The monoisotopic (exact) mass is 439 g/mol. The molecule has 1 aliphatic heterocycles. The van der Waals surface area contributed by atoms with Gasteiger partial charge in [-0.3, -0.25) is 14.5 Å². The van der Waals surface area contributed by atoms with Crippen molar-refractivity contribution in [2.75, 3.05) is 19.1 Å². The van der Waals surface area contributed by atoms with Gasteiger partial charge in [-0.2, -0.15) is 0 Å². The van der Waals surface area contributed by atoms with Crippen LogP contribution >= 0.6 is 11.6 Å². The average molecular weight is 440 g/mol. The molecule has 2 aliphatic rings. The molecular weight excluding hydrogens is 414 g/mol. The quantitative estimate of drug-likeness (QED) is 0.629. The van der Waals surface area contributed by atoms with Crippen molar-refractivity contribution >= 4 is 29.0 Å². The highest BCUT2D eigenvalue weighted by molar-refractivity contribution is 6.30. The molecule has 2 aromatic carbocycles. The Labute approximate surface area is 187 Å². The van der Waals surface area contributed by atoms with Gasteiger partial charge in [-0.05, 0) is 29.5 Å². The predicted molar refractivity (Wildman–Crippen MR) is 121 cm³/mol. The number of benzene rings is 2. The Balaban J connectivity index is 1.92. The molecule has 0 fully saturated rings. The maximum atomic E-state index is 13.5. The number of carbonyl (C=O) groups is 2. The van der Waals surface area contributed by atoms with Gasteiger partial charge in [0.1, 0.15) is 11.5 Å². The molecule has 2 aromatic rings. The molecule has 4 rings (SSSR count). The molecule has 0 saturated carbocycles. The van der Waals surface area contributed by atoms with E-state index in [1.165, 1.54) is 0 Å². The van der Waals surface area contributed by atoms with E-state index in [0.29, 0.717) is 40.6 Å². The minimum Gasteiger partial charge on any atom is -0.497 e. The van der Waals surface area contributed by atoms with Crippen LogP contribution in [0.15, 0.2) is 53.7 Å². The van der Waals surface area contributed by atoms with Crippen LogP contribution in [0.4, 0.5) is 5.69 Å². The molecule has 1 atom stereocenters. The fourth-order valence-corrected chi connectivity index (χ4v) is 4.84. The Bertz CT molecular complexity index is 1070. The zero-order valence-electron chi connectivity index (χ0n) is 18.2. The third kappa shape index (κ3) is 4.07. The normalized spacial score (nSPS) is 20.5. The van der Waals surface area contributed by atoms with Gasteiger partial charge in [0.25, 0.3) is 0 Å². The second-order valence-electron chi connectivity index (χ2n) is 8.91. The maximum Gasteiger partial charge on any atom is 0.232 e. The molecule has 0 aromatic heterocycles. The molecular formula is C25H26ClNO4. The summed E-state index contributed by atoms with van der Waals surface area (Å²) in [4.78, 5) is 28.5. The van der Waals surface area contributed by atoms with E-state index in [1.54, 1.807) is 43.4 Å². The van der Waals surface area contributed by atoms with Crippen LogP contribution in [0.25, 0.3) is 0 Å². The highest BCUT2D eigenvalue weighted by Crippen LogP contribution is 2.49. The zero-order chi connectivity index (χ0) is 22.3. The third-order valence-corrected chi connectivity index (χ3v) is 6.22. The topological polar surface area (TPSA) is 55.8 Å². The van der Waals surface area contributed by atoms with Crippen molar-refractivity contribution in [3.05, 3.63) is 64.3 Å². The molecule has 1 amide bonds. The molecule has 0 saturated heterocycles. The van der Waals surface area contributed by atoms with Crippen molar-refractivity contribution in [1.29, 1.82) is 0 Å². The minimum atomic E-state index is -0.298. The van der Waals surface area contributed by atoms with Gasteiger partial charge in [-0.15, -0.1) is 0 Å². The minimum absolute atomic E-state index is 0.0652. The van der Waals surface area contributed by atoms with Crippen LogP contribution in [-0.4, -0.2) is 25.9 Å². The van der Waals surface area contributed by atoms with Gasteiger partial charge < -0.3 is 9.47 Å². The first kappa shape index (κ1) is 21.4. The fraction of sp³-hybridized carbons (Fsp3) is 0.360. The van der Waals surface area contributed by atoms with E-state index in [4.69, 9.17) is 21.1 Å². The molecule has 6 heteroatoms. The first-order valence-electron chi connectivity index (χ1n) is 10.3. The summed E-state index contributed by atoms with van der Waals surface area (Å²) >= 11 is 6.22. The Morgan fingerprint density at radius 2 is 1.68 bits per heavy atom. The van der Waals surface area contributed by atoms with Crippen molar-refractivity contribution in [2.24, 2.45) is 5.41 Å². The average Bonchev–Trinajstić information content (AvgIpc) is 2.71. The van der Waals surface area contributed by atoms with E-state index in [1.807, 2.05) is 18.2 Å². The number of allylic oxidation sites excluding steroid dienone is 2. The number of methoxy groups -OCH3 is 2. The SMILES string of the molecule is COc1cc(OC)cc(N2C(=O)CC(c3cccc(Cl)c3)C3=C2CC(C)(C)CC3=O)c1. The summed E-state index contributed by atoms with van der Waals surface area (Å²) < 4.78 is 10.8. The van der Waals surface area contributed by atoms with Crippen LogP contribution in [0, 0.1) is 5.41 Å². The van der Waals surface area contributed by atoms with Gasteiger partial charge in [0.15, 0.2) is 5.78 Å². The third-order valence-electron chi connectivity index (χ3n) is 5.99. The lowest BCUT2D eigenvalue weighted by atomic mass is 9.69. The number of ketones is 1. The summed E-state index contributed by atoms with van der Waals surface area (Å²) in [6, 6.07) is 12.8. The number of halogens is 1. The van der Waals surface area contributed by atoms with Gasteiger partial charge in [-0.25, -0.2) is 0 Å². The zero-order valence-corrected chi connectivity index (χ0v) is 19.0. The molecule has 1 aliphatic carbocycles. The summed E-state index contributed by atoms with van der Waals surface area (Å²) in [6.07, 6.45) is 1.27. The van der Waals surface area contributed by atoms with E-state index in [9.17, 15) is 9.59 Å². The van der Waals surface area contributed by atoms with Crippen molar-refractivity contribution in [3.8, 4) is 11.5 Å². The Morgan fingerprint density at radius 3 is 2.29 bits per heavy atom. The van der Waals surface area contributed by atoms with Crippen LogP contribution in [0.3, 0.4) is 0 Å². The first-order valence-corrected chi connectivity index (χ1v) is 10.7. The molecule has 162 valence electrons. The molecule has 0 spiro atoms. The lowest BCUT2D eigenvalue weighted by Gasteiger charge is -2.43. The lowest BCUT2D eigenvalue weighted by Crippen LogP contribution is -2.43. The van der Waals surface area contributed by atoms with Crippen molar-refractivity contribution < 1.29 is 19.1 Å².